The van der Waals surface area contributed by atoms with E-state index in [1.54, 1.807) is 0 Å². The van der Waals surface area contributed by atoms with Gasteiger partial charge in [-0.3, -0.25) is 4.79 Å². The summed E-state index contributed by atoms with van der Waals surface area (Å²) in [7, 11) is 0. The number of fused-ring (bicyclic) bond motifs is 1. The first-order chi connectivity index (χ1) is 12.3. The van der Waals surface area contributed by atoms with Gasteiger partial charge in [-0.05, 0) is 30.8 Å². The molecule has 0 amide bonds. The van der Waals surface area contributed by atoms with Gasteiger partial charge in [0.1, 0.15) is 25.4 Å². The van der Waals surface area contributed by atoms with Crippen molar-refractivity contribution < 1.29 is 33.7 Å². The van der Waals surface area contributed by atoms with Crippen LogP contribution in [-0.2, 0) is 28.6 Å². The number of hydrogen-bond acceptors (Lipinski definition) is 7. The lowest BCUT2D eigenvalue weighted by atomic mass is 9.82. The zero-order valence-corrected chi connectivity index (χ0v) is 15.2. The molecule has 1 heterocycles. The van der Waals surface area contributed by atoms with Crippen LogP contribution in [0.5, 0.6) is 0 Å². The van der Waals surface area contributed by atoms with E-state index in [-0.39, 0.29) is 18.6 Å². The van der Waals surface area contributed by atoms with Gasteiger partial charge in [0.15, 0.2) is 0 Å². The van der Waals surface area contributed by atoms with E-state index >= 15 is 0 Å². The summed E-state index contributed by atoms with van der Waals surface area (Å²) >= 11 is 0. The molecule has 1 saturated heterocycles. The molecule has 1 aliphatic carbocycles. The Balaban J connectivity index is 2.31. The van der Waals surface area contributed by atoms with Crippen LogP contribution in [0.15, 0.2) is 23.8 Å². The summed E-state index contributed by atoms with van der Waals surface area (Å²) in [6.07, 6.45) is 3.46. The highest BCUT2D eigenvalue weighted by molar-refractivity contribution is 5.91. The lowest BCUT2D eigenvalue weighted by Gasteiger charge is -2.30. The SMILES string of the molecule is C=C1C(=O)O[C@H]2C[C@@H](C)CC/C=C(/COC(C)=O)C[C@H](OC(=O)CO)[C@@H]12. The molecule has 0 spiro atoms. The van der Waals surface area contributed by atoms with E-state index in [0.717, 1.165) is 18.4 Å². The minimum absolute atomic E-state index is 0.0928. The Hall–Kier alpha value is -2.15. The van der Waals surface area contributed by atoms with Gasteiger partial charge in [0.2, 0.25) is 0 Å². The lowest BCUT2D eigenvalue weighted by Crippen LogP contribution is -2.36. The molecule has 2 aliphatic rings. The molecule has 0 unspecified atom stereocenters. The fourth-order valence-corrected chi connectivity index (χ4v) is 3.49. The van der Waals surface area contributed by atoms with E-state index in [9.17, 15) is 14.4 Å². The summed E-state index contributed by atoms with van der Waals surface area (Å²) < 4.78 is 16.0. The van der Waals surface area contributed by atoms with Crippen molar-refractivity contribution >= 4 is 17.9 Å². The van der Waals surface area contributed by atoms with Crippen LogP contribution in [0.3, 0.4) is 0 Å². The van der Waals surface area contributed by atoms with Crippen molar-refractivity contribution in [1.29, 1.82) is 0 Å². The molecule has 0 bridgehead atoms. The Labute approximate surface area is 153 Å². The zero-order valence-electron chi connectivity index (χ0n) is 15.2. The van der Waals surface area contributed by atoms with Crippen molar-refractivity contribution in [3.8, 4) is 0 Å². The van der Waals surface area contributed by atoms with Gasteiger partial charge in [-0.1, -0.05) is 19.6 Å². The number of aliphatic hydroxyl groups excluding tert-OH is 1. The van der Waals surface area contributed by atoms with Gasteiger partial charge in [-0.15, -0.1) is 0 Å². The molecular formula is C19H26O7. The summed E-state index contributed by atoms with van der Waals surface area (Å²) in [5.41, 5.74) is 1.07. The largest absolute Gasteiger partial charge is 0.461 e. The quantitative estimate of drug-likeness (QED) is 0.350. The second-order valence-corrected chi connectivity index (χ2v) is 6.95. The third kappa shape index (κ3) is 5.17. The first-order valence-electron chi connectivity index (χ1n) is 8.83. The molecule has 1 N–H and O–H groups in total. The number of rotatable bonds is 4. The normalized spacial score (nSPS) is 31.3. The van der Waals surface area contributed by atoms with E-state index in [2.05, 4.69) is 13.5 Å². The molecule has 0 saturated carbocycles. The fourth-order valence-electron chi connectivity index (χ4n) is 3.49. The smallest absolute Gasteiger partial charge is 0.334 e. The number of esters is 3. The Kier molecular flexibility index (Phi) is 6.97. The van der Waals surface area contributed by atoms with E-state index in [4.69, 9.17) is 19.3 Å². The highest BCUT2D eigenvalue weighted by Crippen LogP contribution is 2.38. The molecule has 0 aromatic heterocycles. The molecule has 2 rings (SSSR count). The first-order valence-corrected chi connectivity index (χ1v) is 8.83. The maximum atomic E-state index is 12.0. The molecule has 0 aromatic rings. The van der Waals surface area contributed by atoms with Crippen molar-refractivity contribution in [3.63, 3.8) is 0 Å². The van der Waals surface area contributed by atoms with Gasteiger partial charge < -0.3 is 19.3 Å². The highest BCUT2D eigenvalue weighted by Gasteiger charge is 2.45. The second-order valence-electron chi connectivity index (χ2n) is 6.95. The molecule has 26 heavy (non-hydrogen) atoms. The predicted molar refractivity (Wildman–Crippen MR) is 91.8 cm³/mol. The van der Waals surface area contributed by atoms with Gasteiger partial charge in [-0.25, -0.2) is 9.59 Å². The van der Waals surface area contributed by atoms with Gasteiger partial charge in [-0.2, -0.15) is 0 Å². The van der Waals surface area contributed by atoms with Gasteiger partial charge >= 0.3 is 17.9 Å². The van der Waals surface area contributed by atoms with Crippen molar-refractivity contribution in [2.45, 2.75) is 51.7 Å². The Morgan fingerprint density at radius 3 is 2.81 bits per heavy atom. The fraction of sp³-hybridized carbons (Fsp3) is 0.632. The Morgan fingerprint density at radius 2 is 2.15 bits per heavy atom. The summed E-state index contributed by atoms with van der Waals surface area (Å²) in [6.45, 7) is 6.56. The third-order valence-corrected chi connectivity index (χ3v) is 4.79. The Bertz CT molecular complexity index is 607. The third-order valence-electron chi connectivity index (χ3n) is 4.79. The van der Waals surface area contributed by atoms with Crippen molar-refractivity contribution in [3.05, 3.63) is 23.8 Å². The van der Waals surface area contributed by atoms with Crippen molar-refractivity contribution in [1.82, 2.24) is 0 Å². The molecule has 0 radical (unpaired) electrons. The van der Waals surface area contributed by atoms with E-state index in [0.29, 0.717) is 12.3 Å². The zero-order chi connectivity index (χ0) is 19.3. The average Bonchev–Trinajstić information content (AvgIpc) is 2.85. The second kappa shape index (κ2) is 8.98. The van der Waals surface area contributed by atoms with Crippen molar-refractivity contribution in [2.75, 3.05) is 13.2 Å². The van der Waals surface area contributed by atoms with Crippen LogP contribution in [0.25, 0.3) is 0 Å². The number of carbonyl (C=O) groups excluding carboxylic acids is 3. The number of carbonyl (C=O) groups is 3. The molecule has 1 aliphatic heterocycles. The maximum absolute atomic E-state index is 12.0. The van der Waals surface area contributed by atoms with E-state index in [1.807, 2.05) is 6.08 Å². The number of ether oxygens (including phenoxy) is 3. The standard InChI is InChI=1S/C19H26O7/c1-11-5-4-6-14(10-24-13(3)21)8-16(25-17(22)9-20)18-12(2)19(23)26-15(18)7-11/h6,11,15-16,18,20H,2,4-5,7-10H2,1,3H3/b14-6+/t11-,15-,16-,18-/m0/s1. The molecule has 144 valence electrons. The van der Waals surface area contributed by atoms with Gasteiger partial charge in [0, 0.05) is 18.9 Å². The van der Waals surface area contributed by atoms with Crippen LogP contribution >= 0.6 is 0 Å². The van der Waals surface area contributed by atoms with Crippen LogP contribution in [0.1, 0.15) is 39.5 Å². The molecule has 1 fully saturated rings. The topological polar surface area (TPSA) is 99.1 Å². The molecular weight excluding hydrogens is 340 g/mol. The van der Waals surface area contributed by atoms with E-state index < -0.39 is 42.6 Å². The van der Waals surface area contributed by atoms with Crippen molar-refractivity contribution in [2.24, 2.45) is 11.8 Å². The van der Waals surface area contributed by atoms with Gasteiger partial charge in [0.25, 0.3) is 0 Å². The summed E-state index contributed by atoms with van der Waals surface area (Å²) in [4.78, 5) is 34.9. The molecule has 0 aromatic carbocycles. The Morgan fingerprint density at radius 1 is 1.42 bits per heavy atom. The van der Waals surface area contributed by atoms with Crippen LogP contribution in [0.4, 0.5) is 0 Å². The van der Waals surface area contributed by atoms with Crippen LogP contribution in [-0.4, -0.2) is 48.4 Å². The number of hydrogen-bond donors (Lipinski definition) is 1. The van der Waals surface area contributed by atoms with Gasteiger partial charge in [0.05, 0.1) is 5.92 Å². The monoisotopic (exact) mass is 366 g/mol. The lowest BCUT2D eigenvalue weighted by molar-refractivity contribution is -0.156. The molecule has 7 heteroatoms. The number of aliphatic hydroxyl groups is 1. The minimum Gasteiger partial charge on any atom is -0.461 e. The van der Waals surface area contributed by atoms with Crippen LogP contribution < -0.4 is 0 Å². The summed E-state index contributed by atoms with van der Waals surface area (Å²) in [5.74, 6) is -1.86. The highest BCUT2D eigenvalue weighted by atomic mass is 16.6. The average molecular weight is 366 g/mol. The number of allylic oxidation sites excluding steroid dienone is 1. The summed E-state index contributed by atoms with van der Waals surface area (Å²) in [6, 6.07) is 0. The molecule has 4 atom stereocenters. The van der Waals surface area contributed by atoms with E-state index in [1.165, 1.54) is 6.92 Å². The predicted octanol–water partition coefficient (Wildman–Crippen LogP) is 1.69. The maximum Gasteiger partial charge on any atom is 0.334 e. The minimum atomic E-state index is -0.780. The van der Waals surface area contributed by atoms with Crippen LogP contribution in [0, 0.1) is 11.8 Å². The summed E-state index contributed by atoms with van der Waals surface area (Å²) in [5, 5.41) is 9.06. The molecule has 7 nitrogen and oxygen atoms in total. The van der Waals surface area contributed by atoms with Crippen LogP contribution in [0.2, 0.25) is 0 Å². The first kappa shape index (κ1) is 20.2.